The fraction of sp³-hybridized carbons (Fsp3) is 0.231. The molecule has 9 heterocycles. The lowest BCUT2D eigenvalue weighted by atomic mass is 9.80. The topological polar surface area (TPSA) is 171 Å². The minimum Gasteiger partial charge on any atom is -0.399 e. The van der Waals surface area contributed by atoms with Gasteiger partial charge in [0.2, 0.25) is 5.88 Å². The van der Waals surface area contributed by atoms with E-state index in [1.165, 1.54) is 12.3 Å². The predicted molar refractivity (Wildman–Crippen MR) is 225 cm³/mol. The zero-order valence-electron chi connectivity index (χ0n) is 33.0. The van der Waals surface area contributed by atoms with Crippen LogP contribution in [0.2, 0.25) is 0 Å². The van der Waals surface area contributed by atoms with Gasteiger partial charge in [0.05, 0.1) is 52.7 Å². The zero-order chi connectivity index (χ0) is 43.9. The zero-order valence-corrected chi connectivity index (χ0v) is 35.4. The molecule has 8 aromatic heterocycles. The molecule has 1 saturated heterocycles. The minimum atomic E-state index is -5.83. The Labute approximate surface area is 353 Å². The maximum absolute atomic E-state index is 13.5. The first-order chi connectivity index (χ1) is 28.8. The minimum absolute atomic E-state index is 0.226. The summed E-state index contributed by atoms with van der Waals surface area (Å²) in [5.74, 6) is -1.79. The second kappa shape index (κ2) is 16.8. The Morgan fingerprint density at radius 1 is 0.656 bits per heavy atom. The van der Waals surface area contributed by atoms with E-state index in [1.54, 1.807) is 35.9 Å². The summed E-state index contributed by atoms with van der Waals surface area (Å²) in [6, 6.07) is 9.60. The van der Waals surface area contributed by atoms with Crippen molar-refractivity contribution < 1.29 is 43.9 Å². The summed E-state index contributed by atoms with van der Waals surface area (Å²) < 4.78 is 101. The Hall–Kier alpha value is -5.42. The van der Waals surface area contributed by atoms with Crippen LogP contribution in [-0.2, 0) is 19.4 Å². The van der Waals surface area contributed by atoms with Crippen molar-refractivity contribution in [3.05, 3.63) is 97.6 Å². The van der Waals surface area contributed by atoms with Crippen LogP contribution in [0.25, 0.3) is 55.1 Å². The van der Waals surface area contributed by atoms with Gasteiger partial charge >= 0.3 is 22.7 Å². The van der Waals surface area contributed by atoms with Crippen molar-refractivity contribution in [3.63, 3.8) is 0 Å². The summed E-state index contributed by atoms with van der Waals surface area (Å²) in [7, 11) is -6.15. The molecule has 0 aliphatic carbocycles. The van der Waals surface area contributed by atoms with Crippen molar-refractivity contribution in [3.8, 4) is 17.1 Å². The van der Waals surface area contributed by atoms with Crippen molar-refractivity contribution in [1.29, 1.82) is 0 Å². The Morgan fingerprint density at radius 3 is 1.74 bits per heavy atom. The molecule has 0 radical (unpaired) electrons. The molecule has 0 spiro atoms. The van der Waals surface area contributed by atoms with Crippen LogP contribution in [0.5, 0.6) is 5.88 Å². The molecule has 9 rings (SSSR count). The number of aromatic amines is 2. The predicted octanol–water partition coefficient (Wildman–Crippen LogP) is 8.62. The number of hydrogen-bond acceptors (Lipinski definition) is 13. The van der Waals surface area contributed by atoms with Crippen LogP contribution in [0.1, 0.15) is 27.7 Å². The number of hydrogen-bond donors (Lipinski definition) is 2. The third-order valence-corrected chi connectivity index (χ3v) is 12.1. The lowest BCUT2D eigenvalue weighted by Crippen LogP contribution is -2.41. The molecule has 0 amide bonds. The number of pyridine rings is 6. The van der Waals surface area contributed by atoms with E-state index in [2.05, 4.69) is 77.8 Å². The lowest BCUT2D eigenvalue weighted by molar-refractivity contribution is -0.0501. The molecule has 0 saturated carbocycles. The highest BCUT2D eigenvalue weighted by Crippen LogP contribution is 2.37. The number of nitrogens with one attached hydrogen (secondary N) is 2. The van der Waals surface area contributed by atoms with Crippen LogP contribution in [0.15, 0.2) is 95.8 Å². The molecule has 0 bridgehead atoms. The normalized spacial score (nSPS) is 14.8. The standard InChI is InChI=1S/C16H11FN4S.C12H18BNO2S.C11H5F4N3O3S/c1-22-11-2-9(5-18-7-11)14-4-12-13-3-10(17)6-20-16(13)21-15(12)8-19-14;1-11(2)12(3,4)16-13(15-11)9-6-10(17-5)8-14-7-9;12-5-1-7-6-2-9(21-22(19,20)11(13,14)15)16-4-8(6)18-10(7)17-3-5/h2-8H,1H3,(H,20,21);6-8H,1-5H3;1-4H,(H,17,18). The van der Waals surface area contributed by atoms with E-state index in [0.29, 0.717) is 11.2 Å². The molecule has 13 nitrogen and oxygen atoms in total. The second-order valence-electron chi connectivity index (χ2n) is 14.4. The number of alkyl halides is 3. The van der Waals surface area contributed by atoms with Crippen LogP contribution < -0.4 is 9.65 Å². The van der Waals surface area contributed by atoms with Gasteiger partial charge in [-0.1, -0.05) is 0 Å². The number of halogens is 5. The highest BCUT2D eigenvalue weighted by Gasteiger charge is 2.52. The first-order valence-electron chi connectivity index (χ1n) is 18.0. The van der Waals surface area contributed by atoms with E-state index in [4.69, 9.17) is 9.31 Å². The number of rotatable bonds is 6. The van der Waals surface area contributed by atoms with E-state index < -0.39 is 27.3 Å². The average molecular weight is 897 g/mol. The van der Waals surface area contributed by atoms with Crippen molar-refractivity contribution in [1.82, 2.24) is 39.9 Å². The van der Waals surface area contributed by atoms with E-state index in [0.717, 1.165) is 67.3 Å². The van der Waals surface area contributed by atoms with Crippen molar-refractivity contribution in [2.75, 3.05) is 12.5 Å². The van der Waals surface area contributed by atoms with Crippen molar-refractivity contribution in [2.45, 2.75) is 54.2 Å². The number of thioether (sulfide) groups is 2. The smallest absolute Gasteiger partial charge is 0.399 e. The SMILES string of the molecule is CSc1cncc(-c2cc3c(cn2)[nH]c2ncc(F)cc23)c1.CSc1cncc(B2OC(C)(C)C(C)(C)O2)c1.O=S(=O)(Oc1cc2c(cn1)[nH]c1ncc(F)cc12)C(F)(F)F. The Morgan fingerprint density at radius 2 is 1.18 bits per heavy atom. The molecule has 0 unspecified atom stereocenters. The van der Waals surface area contributed by atoms with Gasteiger partial charge < -0.3 is 23.5 Å². The maximum Gasteiger partial charge on any atom is 0.534 e. The summed E-state index contributed by atoms with van der Waals surface area (Å²) in [4.78, 5) is 32.3. The molecule has 0 atom stereocenters. The summed E-state index contributed by atoms with van der Waals surface area (Å²) in [5.41, 5.74) is -1.34. The van der Waals surface area contributed by atoms with Crippen molar-refractivity contribution >= 4 is 90.1 Å². The Bertz CT molecular complexity index is 3010. The number of nitrogens with zero attached hydrogens (tertiary/aromatic N) is 6. The van der Waals surface area contributed by atoms with E-state index in [-0.39, 0.29) is 40.6 Å². The number of fused-ring (bicyclic) bond motifs is 6. The molecule has 0 aromatic carbocycles. The van der Waals surface area contributed by atoms with Gasteiger partial charge in [0.25, 0.3) is 0 Å². The first kappa shape index (κ1) is 43.7. The fourth-order valence-electron chi connectivity index (χ4n) is 5.97. The third kappa shape index (κ3) is 9.27. The van der Waals surface area contributed by atoms with Crippen LogP contribution >= 0.6 is 23.5 Å². The van der Waals surface area contributed by atoms with E-state index in [1.807, 2.05) is 43.2 Å². The van der Waals surface area contributed by atoms with Gasteiger partial charge in [0.1, 0.15) is 22.9 Å². The Kier molecular flexibility index (Phi) is 12.0. The Balaban J connectivity index is 0.000000139. The summed E-state index contributed by atoms with van der Waals surface area (Å²) in [6.07, 6.45) is 16.3. The third-order valence-electron chi connectivity index (χ3n) is 9.80. The second-order valence-corrected chi connectivity index (χ2v) is 17.7. The lowest BCUT2D eigenvalue weighted by Gasteiger charge is -2.32. The van der Waals surface area contributed by atoms with Crippen LogP contribution in [0.4, 0.5) is 22.0 Å². The molecule has 61 heavy (non-hydrogen) atoms. The van der Waals surface area contributed by atoms with Gasteiger partial charge in [0.15, 0.2) is 0 Å². The number of aromatic nitrogens is 8. The average Bonchev–Trinajstić information content (AvgIpc) is 3.84. The molecule has 1 aliphatic rings. The molecule has 1 fully saturated rings. The largest absolute Gasteiger partial charge is 0.534 e. The molecular weight excluding hydrogens is 862 g/mol. The van der Waals surface area contributed by atoms with Gasteiger partial charge in [-0.3, -0.25) is 15.0 Å². The molecule has 8 aromatic rings. The van der Waals surface area contributed by atoms with E-state index in [9.17, 15) is 30.4 Å². The van der Waals surface area contributed by atoms with Crippen LogP contribution in [0.3, 0.4) is 0 Å². The van der Waals surface area contributed by atoms with Gasteiger partial charge in [-0.2, -0.15) is 21.6 Å². The first-order valence-corrected chi connectivity index (χ1v) is 21.8. The van der Waals surface area contributed by atoms with Crippen LogP contribution in [0, 0.1) is 11.6 Å². The molecule has 1 aliphatic heterocycles. The molecular formula is C39H34BF5N8O5S3. The monoisotopic (exact) mass is 896 g/mol. The summed E-state index contributed by atoms with van der Waals surface area (Å²) >= 11 is 3.30. The molecule has 2 N–H and O–H groups in total. The van der Waals surface area contributed by atoms with E-state index >= 15 is 0 Å². The maximum atomic E-state index is 13.5. The highest BCUT2D eigenvalue weighted by atomic mass is 32.2. The van der Waals surface area contributed by atoms with Gasteiger partial charge in [0, 0.05) is 73.2 Å². The summed E-state index contributed by atoms with van der Waals surface area (Å²) in [6.45, 7) is 8.22. The fourth-order valence-corrected chi connectivity index (χ4v) is 7.21. The molecule has 316 valence electrons. The summed E-state index contributed by atoms with van der Waals surface area (Å²) in [5, 5.41) is 2.14. The van der Waals surface area contributed by atoms with Crippen LogP contribution in [-0.4, -0.2) is 84.6 Å². The van der Waals surface area contributed by atoms with Gasteiger partial charge in [-0.05, 0) is 70.5 Å². The van der Waals surface area contributed by atoms with Gasteiger partial charge in [-0.15, -0.1) is 23.5 Å². The van der Waals surface area contributed by atoms with Crippen molar-refractivity contribution in [2.24, 2.45) is 0 Å². The number of H-pyrrole nitrogens is 2. The quantitative estimate of drug-likeness (QED) is 0.0535. The van der Waals surface area contributed by atoms with Gasteiger partial charge in [-0.25, -0.2) is 23.7 Å². The molecule has 22 heteroatoms. The highest BCUT2D eigenvalue weighted by molar-refractivity contribution is 7.98.